The predicted molar refractivity (Wildman–Crippen MR) is 154 cm³/mol. The van der Waals surface area contributed by atoms with Gasteiger partial charge < -0.3 is 19.7 Å². The maximum absolute atomic E-state index is 12.9. The zero-order valence-electron chi connectivity index (χ0n) is 24.0. The number of nitrogens with zero attached hydrogens (tertiary/aromatic N) is 2. The van der Waals surface area contributed by atoms with Crippen LogP contribution in [0.25, 0.3) is 0 Å². The fraction of sp³-hybridized carbons (Fsp3) is 0.545. The highest BCUT2D eigenvalue weighted by Gasteiger charge is 2.56. The van der Waals surface area contributed by atoms with Gasteiger partial charge in [-0.25, -0.2) is 4.79 Å². The predicted octanol–water partition coefficient (Wildman–Crippen LogP) is 4.03. The lowest BCUT2D eigenvalue weighted by atomic mass is 9.67. The van der Waals surface area contributed by atoms with E-state index in [2.05, 4.69) is 16.3 Å². The Morgan fingerprint density at radius 2 is 1.63 bits per heavy atom. The molecule has 4 bridgehead atoms. The van der Waals surface area contributed by atoms with Gasteiger partial charge in [-0.15, -0.1) is 0 Å². The van der Waals surface area contributed by atoms with E-state index in [1.807, 2.05) is 35.2 Å². The van der Waals surface area contributed by atoms with Crippen LogP contribution in [0.2, 0.25) is 0 Å². The molecule has 2 unspecified atom stereocenters. The van der Waals surface area contributed by atoms with Gasteiger partial charge in [0.05, 0.1) is 19.2 Å². The van der Waals surface area contributed by atoms with Gasteiger partial charge >= 0.3 is 5.97 Å². The Bertz CT molecular complexity index is 1250. The van der Waals surface area contributed by atoms with Gasteiger partial charge in [-0.05, 0) is 79.0 Å². The summed E-state index contributed by atoms with van der Waals surface area (Å²) in [6.07, 6.45) is 7.00. The van der Waals surface area contributed by atoms with Crippen molar-refractivity contribution < 1.29 is 23.9 Å². The average molecular weight is 560 g/mol. The molecule has 8 heteroatoms. The number of carbonyl (C=O) groups is 3. The molecule has 0 radical (unpaired) electrons. The zero-order chi connectivity index (χ0) is 28.4. The Labute approximate surface area is 242 Å². The number of esters is 1. The number of para-hydroxylation sites is 1. The van der Waals surface area contributed by atoms with Gasteiger partial charge in [0, 0.05) is 44.7 Å². The maximum atomic E-state index is 12.9. The van der Waals surface area contributed by atoms with E-state index in [4.69, 9.17) is 9.47 Å². The first-order chi connectivity index (χ1) is 19.9. The molecule has 5 fully saturated rings. The molecule has 1 heterocycles. The summed E-state index contributed by atoms with van der Waals surface area (Å²) in [5.74, 6) is 3.07. The molecule has 2 atom stereocenters. The molecule has 5 aliphatic rings. The standard InChI is InChI=1S/C33H41N3O5/c1-40-32(39)25-8-6-23(7-9-25)22-41-29-5-3-2-4-26(29)21-35-10-12-36(13-11-35)31(38)20-34-30(37)19-33-16-24-14-27(17-33)28(15-24)18-33/h2-9,24,27-28H,10-22H2,1H3,(H,34,37). The van der Waals surface area contributed by atoms with Gasteiger partial charge in [0.15, 0.2) is 0 Å². The molecule has 7 rings (SSSR count). The summed E-state index contributed by atoms with van der Waals surface area (Å²) in [6, 6.07) is 15.2. The second-order valence-electron chi connectivity index (χ2n) is 12.7. The van der Waals surface area contributed by atoms with Gasteiger partial charge in [-0.3, -0.25) is 14.5 Å². The first-order valence-corrected chi connectivity index (χ1v) is 15.0. The lowest BCUT2D eigenvalue weighted by molar-refractivity contribution is -0.135. The molecule has 8 nitrogen and oxygen atoms in total. The highest BCUT2D eigenvalue weighted by Crippen LogP contribution is 2.65. The Hall–Kier alpha value is -3.39. The minimum absolute atomic E-state index is 0.00763. The van der Waals surface area contributed by atoms with E-state index in [-0.39, 0.29) is 29.7 Å². The number of hydrogen-bond donors (Lipinski definition) is 1. The van der Waals surface area contributed by atoms with Gasteiger partial charge in [0.2, 0.25) is 11.8 Å². The van der Waals surface area contributed by atoms with E-state index in [1.54, 1.807) is 12.1 Å². The van der Waals surface area contributed by atoms with Crippen molar-refractivity contribution in [2.45, 2.75) is 51.7 Å². The van der Waals surface area contributed by atoms with E-state index in [0.29, 0.717) is 31.7 Å². The van der Waals surface area contributed by atoms with Crippen LogP contribution in [0, 0.1) is 23.2 Å². The Morgan fingerprint density at radius 1 is 0.927 bits per heavy atom. The van der Waals surface area contributed by atoms with Gasteiger partial charge in [0.1, 0.15) is 12.4 Å². The highest BCUT2D eigenvalue weighted by atomic mass is 16.5. The second kappa shape index (κ2) is 11.8. The van der Waals surface area contributed by atoms with Crippen molar-refractivity contribution in [2.75, 3.05) is 39.8 Å². The van der Waals surface area contributed by atoms with Crippen LogP contribution in [0.1, 0.15) is 60.0 Å². The number of nitrogens with one attached hydrogen (secondary N) is 1. The number of piperazine rings is 1. The third-order valence-corrected chi connectivity index (χ3v) is 9.88. The highest BCUT2D eigenvalue weighted by molar-refractivity contribution is 5.89. The molecule has 2 aromatic carbocycles. The zero-order valence-corrected chi connectivity index (χ0v) is 24.0. The summed E-state index contributed by atoms with van der Waals surface area (Å²) in [5.41, 5.74) is 2.79. The summed E-state index contributed by atoms with van der Waals surface area (Å²) in [4.78, 5) is 41.5. The summed E-state index contributed by atoms with van der Waals surface area (Å²) >= 11 is 0. The molecule has 4 aliphatic carbocycles. The number of hydrogen-bond acceptors (Lipinski definition) is 6. The SMILES string of the molecule is COC(=O)c1ccc(COc2ccccc2CN2CCN(C(=O)CNC(=O)CC34CC5CC(C3)C(C5)C4)CC2)cc1. The fourth-order valence-corrected chi connectivity index (χ4v) is 8.07. The third-order valence-electron chi connectivity index (χ3n) is 9.88. The van der Waals surface area contributed by atoms with E-state index in [1.165, 1.54) is 39.2 Å². The number of benzene rings is 2. The number of ether oxygens (including phenoxy) is 2. The Morgan fingerprint density at radius 3 is 2.32 bits per heavy atom. The maximum Gasteiger partial charge on any atom is 0.337 e. The van der Waals surface area contributed by atoms with Crippen molar-refractivity contribution in [3.05, 3.63) is 65.2 Å². The molecule has 218 valence electrons. The van der Waals surface area contributed by atoms with Crippen molar-refractivity contribution in [2.24, 2.45) is 23.2 Å². The van der Waals surface area contributed by atoms with E-state index >= 15 is 0 Å². The quantitative estimate of drug-likeness (QED) is 0.443. The van der Waals surface area contributed by atoms with Gasteiger partial charge in [-0.1, -0.05) is 30.3 Å². The molecule has 2 amide bonds. The Kier molecular flexibility index (Phi) is 8.02. The van der Waals surface area contributed by atoms with Crippen LogP contribution in [0.15, 0.2) is 48.5 Å². The van der Waals surface area contributed by atoms with Crippen molar-refractivity contribution in [1.82, 2.24) is 15.1 Å². The monoisotopic (exact) mass is 559 g/mol. The van der Waals surface area contributed by atoms with Crippen molar-refractivity contribution >= 4 is 17.8 Å². The first-order valence-electron chi connectivity index (χ1n) is 15.0. The molecule has 1 N–H and O–H groups in total. The summed E-state index contributed by atoms with van der Waals surface area (Å²) in [5, 5.41) is 2.95. The lowest BCUT2D eigenvalue weighted by Gasteiger charge is -2.38. The normalized spacial score (nSPS) is 26.7. The van der Waals surface area contributed by atoms with Crippen LogP contribution in [0.3, 0.4) is 0 Å². The molecule has 41 heavy (non-hydrogen) atoms. The summed E-state index contributed by atoms with van der Waals surface area (Å²) in [7, 11) is 1.37. The van der Waals surface area contributed by atoms with E-state index in [0.717, 1.165) is 54.3 Å². The number of carbonyl (C=O) groups excluding carboxylic acids is 3. The second-order valence-corrected chi connectivity index (χ2v) is 12.7. The van der Waals surface area contributed by atoms with Crippen molar-refractivity contribution in [3.8, 4) is 5.75 Å². The van der Waals surface area contributed by atoms with Crippen molar-refractivity contribution in [3.63, 3.8) is 0 Å². The van der Waals surface area contributed by atoms with Crippen LogP contribution in [0.4, 0.5) is 0 Å². The van der Waals surface area contributed by atoms with E-state index in [9.17, 15) is 14.4 Å². The van der Waals surface area contributed by atoms with Gasteiger partial charge in [-0.2, -0.15) is 0 Å². The average Bonchev–Trinajstić information content (AvgIpc) is 3.40. The van der Waals surface area contributed by atoms with Crippen LogP contribution in [-0.2, 0) is 27.5 Å². The van der Waals surface area contributed by atoms with E-state index < -0.39 is 0 Å². The van der Waals surface area contributed by atoms with Crippen LogP contribution in [0.5, 0.6) is 5.75 Å². The topological polar surface area (TPSA) is 88.2 Å². The first kappa shape index (κ1) is 27.8. The molecule has 0 aromatic heterocycles. The van der Waals surface area contributed by atoms with Gasteiger partial charge in [0.25, 0.3) is 0 Å². The number of amides is 2. The molecular formula is C33H41N3O5. The minimum Gasteiger partial charge on any atom is -0.489 e. The molecule has 2 aromatic rings. The molecule has 1 saturated heterocycles. The number of rotatable bonds is 10. The summed E-state index contributed by atoms with van der Waals surface area (Å²) in [6.45, 7) is 4.09. The lowest BCUT2D eigenvalue weighted by Crippen LogP contribution is -2.51. The molecule has 4 saturated carbocycles. The molecular weight excluding hydrogens is 518 g/mol. The van der Waals surface area contributed by atoms with Crippen LogP contribution < -0.4 is 10.1 Å². The number of methoxy groups -OCH3 is 1. The van der Waals surface area contributed by atoms with Crippen LogP contribution >= 0.6 is 0 Å². The largest absolute Gasteiger partial charge is 0.489 e. The van der Waals surface area contributed by atoms with Crippen LogP contribution in [-0.4, -0.2) is 67.4 Å². The smallest absolute Gasteiger partial charge is 0.337 e. The van der Waals surface area contributed by atoms with Crippen molar-refractivity contribution in [1.29, 1.82) is 0 Å². The third kappa shape index (κ3) is 6.27. The Balaban J connectivity index is 0.935. The molecule has 0 spiro atoms. The summed E-state index contributed by atoms with van der Waals surface area (Å²) < 4.78 is 10.9. The fourth-order valence-electron chi connectivity index (χ4n) is 8.07. The molecule has 1 aliphatic heterocycles. The minimum atomic E-state index is -0.355.